The Morgan fingerprint density at radius 1 is 0.867 bits per heavy atom. The van der Waals surface area contributed by atoms with Crippen molar-refractivity contribution in [2.45, 2.75) is 82.7 Å². The number of hydrogen-bond donors (Lipinski definition) is 0. The summed E-state index contributed by atoms with van der Waals surface area (Å²) >= 11 is 0. The molecule has 2 aliphatic heterocycles. The molecule has 170 valence electrons. The Bertz CT molecular complexity index is 603. The molecule has 3 unspecified atom stereocenters. The van der Waals surface area contributed by atoms with Gasteiger partial charge >= 0.3 is 0 Å². The quantitative estimate of drug-likeness (QED) is 0.419. The zero-order chi connectivity index (χ0) is 21.2. The van der Waals surface area contributed by atoms with E-state index in [0.717, 1.165) is 50.9 Å². The molecule has 1 aromatic carbocycles. The molecule has 0 amide bonds. The van der Waals surface area contributed by atoms with Crippen LogP contribution in [0.1, 0.15) is 75.9 Å². The molecule has 30 heavy (non-hydrogen) atoms. The van der Waals surface area contributed by atoms with E-state index in [1.54, 1.807) is 21.3 Å². The Balaban J connectivity index is 1.34. The SMILES string of the molecule is COc1cc(C2CCC(CCCCCCOC3CCCCO3)O2)cc(OC)c1OC. The lowest BCUT2D eigenvalue weighted by Crippen LogP contribution is -2.22. The van der Waals surface area contributed by atoms with Gasteiger partial charge < -0.3 is 28.4 Å². The molecule has 0 saturated carbocycles. The van der Waals surface area contributed by atoms with Gasteiger partial charge in [0, 0.05) is 13.2 Å². The van der Waals surface area contributed by atoms with Crippen molar-refractivity contribution in [2.75, 3.05) is 34.5 Å². The van der Waals surface area contributed by atoms with Crippen LogP contribution in [-0.4, -0.2) is 46.9 Å². The van der Waals surface area contributed by atoms with Crippen LogP contribution >= 0.6 is 0 Å². The van der Waals surface area contributed by atoms with Gasteiger partial charge in [-0.05, 0) is 62.6 Å². The van der Waals surface area contributed by atoms with Crippen molar-refractivity contribution in [1.29, 1.82) is 0 Å². The molecule has 2 aliphatic rings. The van der Waals surface area contributed by atoms with Crippen LogP contribution in [0.5, 0.6) is 17.2 Å². The van der Waals surface area contributed by atoms with Gasteiger partial charge in [0.2, 0.25) is 5.75 Å². The molecule has 0 radical (unpaired) electrons. The van der Waals surface area contributed by atoms with Gasteiger partial charge in [0.1, 0.15) is 0 Å². The lowest BCUT2D eigenvalue weighted by molar-refractivity contribution is -0.162. The predicted octanol–water partition coefficient (Wildman–Crippen LogP) is 5.43. The summed E-state index contributed by atoms with van der Waals surface area (Å²) in [7, 11) is 4.91. The minimum atomic E-state index is 0.0396. The zero-order valence-electron chi connectivity index (χ0n) is 18.8. The van der Waals surface area contributed by atoms with Gasteiger partial charge in [-0.2, -0.15) is 0 Å². The second-order valence-electron chi connectivity index (χ2n) is 8.15. The zero-order valence-corrected chi connectivity index (χ0v) is 18.8. The van der Waals surface area contributed by atoms with E-state index < -0.39 is 0 Å². The first-order valence-electron chi connectivity index (χ1n) is 11.4. The second kappa shape index (κ2) is 12.4. The van der Waals surface area contributed by atoms with Gasteiger partial charge in [-0.25, -0.2) is 0 Å². The van der Waals surface area contributed by atoms with Crippen molar-refractivity contribution in [3.8, 4) is 17.2 Å². The van der Waals surface area contributed by atoms with Crippen molar-refractivity contribution in [1.82, 2.24) is 0 Å². The molecule has 0 N–H and O–H groups in total. The lowest BCUT2D eigenvalue weighted by Gasteiger charge is -2.22. The number of rotatable bonds is 12. The van der Waals surface area contributed by atoms with Gasteiger partial charge in [0.25, 0.3) is 0 Å². The fourth-order valence-corrected chi connectivity index (χ4v) is 4.34. The fraction of sp³-hybridized carbons (Fsp3) is 0.750. The van der Waals surface area contributed by atoms with Gasteiger partial charge in [-0.3, -0.25) is 0 Å². The number of benzene rings is 1. The molecular formula is C24H38O6. The first-order valence-corrected chi connectivity index (χ1v) is 11.4. The second-order valence-corrected chi connectivity index (χ2v) is 8.15. The molecule has 2 heterocycles. The highest BCUT2D eigenvalue weighted by Crippen LogP contribution is 2.43. The summed E-state index contributed by atoms with van der Waals surface area (Å²) in [6.45, 7) is 1.66. The van der Waals surface area contributed by atoms with Crippen LogP contribution < -0.4 is 14.2 Å². The van der Waals surface area contributed by atoms with E-state index in [1.165, 1.54) is 32.1 Å². The highest BCUT2D eigenvalue weighted by molar-refractivity contribution is 5.54. The number of ether oxygens (including phenoxy) is 6. The van der Waals surface area contributed by atoms with E-state index in [9.17, 15) is 0 Å². The van der Waals surface area contributed by atoms with E-state index in [-0.39, 0.29) is 12.4 Å². The molecule has 6 nitrogen and oxygen atoms in total. The highest BCUT2D eigenvalue weighted by atomic mass is 16.7. The minimum absolute atomic E-state index is 0.0396. The van der Waals surface area contributed by atoms with E-state index >= 15 is 0 Å². The number of unbranched alkanes of at least 4 members (excludes halogenated alkanes) is 3. The molecule has 2 saturated heterocycles. The normalized spacial score (nSPS) is 24.0. The van der Waals surface area contributed by atoms with Crippen LogP contribution in [0.2, 0.25) is 0 Å². The highest BCUT2D eigenvalue weighted by Gasteiger charge is 2.28. The molecule has 0 bridgehead atoms. The lowest BCUT2D eigenvalue weighted by atomic mass is 10.0. The smallest absolute Gasteiger partial charge is 0.203 e. The molecule has 3 rings (SSSR count). The Labute approximate surface area is 181 Å². The minimum Gasteiger partial charge on any atom is -0.493 e. The van der Waals surface area contributed by atoms with Crippen molar-refractivity contribution in [3.63, 3.8) is 0 Å². The Morgan fingerprint density at radius 2 is 1.63 bits per heavy atom. The topological polar surface area (TPSA) is 55.4 Å². The average molecular weight is 423 g/mol. The maximum atomic E-state index is 6.33. The summed E-state index contributed by atoms with van der Waals surface area (Å²) in [6.07, 6.45) is 11.9. The van der Waals surface area contributed by atoms with Crippen molar-refractivity contribution < 1.29 is 28.4 Å². The van der Waals surface area contributed by atoms with E-state index in [2.05, 4.69) is 0 Å². The molecule has 3 atom stereocenters. The molecule has 0 aromatic heterocycles. The van der Waals surface area contributed by atoms with Crippen LogP contribution in [0.4, 0.5) is 0 Å². The van der Waals surface area contributed by atoms with Gasteiger partial charge in [-0.15, -0.1) is 0 Å². The summed E-state index contributed by atoms with van der Waals surface area (Å²) in [5.74, 6) is 1.98. The maximum Gasteiger partial charge on any atom is 0.203 e. The summed E-state index contributed by atoms with van der Waals surface area (Å²) in [6, 6.07) is 4.01. The monoisotopic (exact) mass is 422 g/mol. The standard InChI is InChI=1S/C24H38O6/c1-25-21-16-18(17-22(26-2)24(21)27-3)20-13-12-19(30-20)10-6-4-5-8-14-28-23-11-7-9-15-29-23/h16-17,19-20,23H,4-15H2,1-3H3. The number of methoxy groups -OCH3 is 3. The van der Waals surface area contributed by atoms with E-state index in [4.69, 9.17) is 28.4 Å². The van der Waals surface area contributed by atoms with Crippen molar-refractivity contribution in [2.24, 2.45) is 0 Å². The van der Waals surface area contributed by atoms with Crippen LogP contribution in [0.15, 0.2) is 12.1 Å². The molecule has 0 aliphatic carbocycles. The van der Waals surface area contributed by atoms with Gasteiger partial charge in [0.05, 0.1) is 33.5 Å². The maximum absolute atomic E-state index is 6.33. The third kappa shape index (κ3) is 6.50. The number of hydrogen-bond acceptors (Lipinski definition) is 6. The van der Waals surface area contributed by atoms with Gasteiger partial charge in [-0.1, -0.05) is 19.3 Å². The van der Waals surface area contributed by atoms with Gasteiger partial charge in [0.15, 0.2) is 17.8 Å². The Morgan fingerprint density at radius 3 is 2.30 bits per heavy atom. The average Bonchev–Trinajstić information content (AvgIpc) is 3.27. The fourth-order valence-electron chi connectivity index (χ4n) is 4.34. The van der Waals surface area contributed by atoms with Crippen molar-refractivity contribution in [3.05, 3.63) is 17.7 Å². The van der Waals surface area contributed by atoms with E-state index in [1.807, 2.05) is 12.1 Å². The third-order valence-corrected chi connectivity index (χ3v) is 6.03. The van der Waals surface area contributed by atoms with Crippen molar-refractivity contribution >= 4 is 0 Å². The van der Waals surface area contributed by atoms with Crippen LogP contribution in [0, 0.1) is 0 Å². The van der Waals surface area contributed by atoms with Crippen LogP contribution in [0.25, 0.3) is 0 Å². The summed E-state index contributed by atoms with van der Waals surface area (Å²) in [4.78, 5) is 0. The molecular weight excluding hydrogens is 384 g/mol. The third-order valence-electron chi connectivity index (χ3n) is 6.03. The molecule has 6 heteroatoms. The predicted molar refractivity (Wildman–Crippen MR) is 116 cm³/mol. The first-order chi connectivity index (χ1) is 14.7. The first kappa shape index (κ1) is 23.2. The summed E-state index contributed by atoms with van der Waals surface area (Å²) in [5.41, 5.74) is 1.09. The van der Waals surface area contributed by atoms with E-state index in [0.29, 0.717) is 23.4 Å². The van der Waals surface area contributed by atoms with Crippen LogP contribution in [0.3, 0.4) is 0 Å². The Hall–Kier alpha value is -1.50. The summed E-state index contributed by atoms with van der Waals surface area (Å²) in [5, 5.41) is 0. The van der Waals surface area contributed by atoms with Crippen LogP contribution in [-0.2, 0) is 14.2 Å². The molecule has 0 spiro atoms. The summed E-state index contributed by atoms with van der Waals surface area (Å²) < 4.78 is 34.1. The molecule has 2 fully saturated rings. The Kier molecular flexibility index (Phi) is 9.56. The molecule has 1 aromatic rings. The largest absolute Gasteiger partial charge is 0.493 e.